The number of halogens is 1. The van der Waals surface area contributed by atoms with Gasteiger partial charge in [0.05, 0.1) is 25.2 Å². The second-order valence-corrected chi connectivity index (χ2v) is 8.58. The summed E-state index contributed by atoms with van der Waals surface area (Å²) in [5, 5.41) is 10.2. The third-order valence-electron chi connectivity index (χ3n) is 5.77. The number of carbonyl (C=O) groups excluding carboxylic acids is 1. The maximum absolute atomic E-state index is 13.0. The Labute approximate surface area is 216 Å². The molecular formula is C31H24ClNO3. The van der Waals surface area contributed by atoms with Crippen molar-refractivity contribution in [3.8, 4) is 17.6 Å². The molecule has 0 saturated carbocycles. The van der Waals surface area contributed by atoms with Crippen LogP contribution in [0.1, 0.15) is 34.6 Å². The standard InChI is InChI=1S/C31H24ClNO3/c1-35-30-19-22(18-26(21-33)23-13-15-27(32)16-14-23)12-17-29(30)36-31(34)20-28(24-8-4-2-5-9-24)25-10-6-3-7-11-25/h2-19,28H,20H2,1H3/b26-18-. The molecule has 0 atom stereocenters. The molecule has 0 fully saturated rings. The van der Waals surface area contributed by atoms with Gasteiger partial charge >= 0.3 is 5.97 Å². The Balaban J connectivity index is 1.55. The number of rotatable bonds is 8. The Kier molecular flexibility index (Phi) is 8.18. The molecule has 0 aliphatic carbocycles. The lowest BCUT2D eigenvalue weighted by molar-refractivity contribution is -0.134. The summed E-state index contributed by atoms with van der Waals surface area (Å²) in [4.78, 5) is 13.0. The van der Waals surface area contributed by atoms with Gasteiger partial charge in [0.25, 0.3) is 0 Å². The van der Waals surface area contributed by atoms with E-state index < -0.39 is 0 Å². The third kappa shape index (κ3) is 6.21. The molecule has 0 aliphatic heterocycles. The van der Waals surface area contributed by atoms with Crippen molar-refractivity contribution in [1.29, 1.82) is 5.26 Å². The normalized spacial score (nSPS) is 11.1. The van der Waals surface area contributed by atoms with Gasteiger partial charge in [0.1, 0.15) is 0 Å². The zero-order chi connectivity index (χ0) is 25.3. The molecule has 0 saturated heterocycles. The lowest BCUT2D eigenvalue weighted by atomic mass is 9.88. The average molecular weight is 494 g/mol. The predicted molar refractivity (Wildman–Crippen MR) is 143 cm³/mol. The average Bonchev–Trinajstić information content (AvgIpc) is 2.92. The van der Waals surface area contributed by atoms with E-state index >= 15 is 0 Å². The number of ether oxygens (including phenoxy) is 2. The SMILES string of the molecule is COc1cc(/C=C(/C#N)c2ccc(Cl)cc2)ccc1OC(=O)CC(c1ccccc1)c1ccccc1. The van der Waals surface area contributed by atoms with Gasteiger partial charge in [-0.2, -0.15) is 5.26 Å². The van der Waals surface area contributed by atoms with E-state index in [2.05, 4.69) is 6.07 Å². The molecule has 0 unspecified atom stereocenters. The number of hydrogen-bond acceptors (Lipinski definition) is 4. The van der Waals surface area contributed by atoms with Crippen LogP contribution in [0.3, 0.4) is 0 Å². The number of carbonyl (C=O) groups is 1. The van der Waals surface area contributed by atoms with Crippen LogP contribution in [0.15, 0.2) is 103 Å². The van der Waals surface area contributed by atoms with Crippen molar-refractivity contribution < 1.29 is 14.3 Å². The molecule has 0 spiro atoms. The molecule has 4 aromatic carbocycles. The Hall–Kier alpha value is -4.33. The fraction of sp³-hybridized carbons (Fsp3) is 0.0968. The Morgan fingerprint density at radius 3 is 2.06 bits per heavy atom. The Bertz CT molecular complexity index is 1350. The minimum absolute atomic E-state index is 0.134. The number of benzene rings is 4. The van der Waals surface area contributed by atoms with Gasteiger partial charge in [0.2, 0.25) is 0 Å². The van der Waals surface area contributed by atoms with Crippen molar-refractivity contribution in [3.05, 3.63) is 130 Å². The highest BCUT2D eigenvalue weighted by molar-refractivity contribution is 6.30. The smallest absolute Gasteiger partial charge is 0.312 e. The quantitative estimate of drug-likeness (QED) is 0.110. The van der Waals surface area contributed by atoms with Crippen LogP contribution in [0.2, 0.25) is 5.02 Å². The number of esters is 1. The molecule has 5 heteroatoms. The number of methoxy groups -OCH3 is 1. The molecule has 0 bridgehead atoms. The van der Waals surface area contributed by atoms with Crippen molar-refractivity contribution >= 4 is 29.2 Å². The summed E-state index contributed by atoms with van der Waals surface area (Å²) < 4.78 is 11.2. The van der Waals surface area contributed by atoms with Crippen molar-refractivity contribution in [2.24, 2.45) is 0 Å². The van der Waals surface area contributed by atoms with E-state index in [4.69, 9.17) is 21.1 Å². The van der Waals surface area contributed by atoms with Gasteiger partial charge in [-0.3, -0.25) is 4.79 Å². The second-order valence-electron chi connectivity index (χ2n) is 8.14. The van der Waals surface area contributed by atoms with Crippen LogP contribution in [0.4, 0.5) is 0 Å². The van der Waals surface area contributed by atoms with E-state index in [1.165, 1.54) is 7.11 Å². The van der Waals surface area contributed by atoms with Gasteiger partial charge in [-0.05, 0) is 52.6 Å². The summed E-state index contributed by atoms with van der Waals surface area (Å²) in [7, 11) is 1.52. The highest BCUT2D eigenvalue weighted by Crippen LogP contribution is 2.33. The van der Waals surface area contributed by atoms with Gasteiger partial charge < -0.3 is 9.47 Å². The largest absolute Gasteiger partial charge is 0.493 e. The minimum atomic E-state index is -0.367. The van der Waals surface area contributed by atoms with Gasteiger partial charge in [0.15, 0.2) is 11.5 Å². The summed E-state index contributed by atoms with van der Waals surface area (Å²) >= 11 is 5.96. The number of nitriles is 1. The molecule has 4 aromatic rings. The van der Waals surface area contributed by atoms with Crippen LogP contribution in [-0.4, -0.2) is 13.1 Å². The van der Waals surface area contributed by atoms with E-state index in [9.17, 15) is 10.1 Å². The first-order valence-electron chi connectivity index (χ1n) is 11.4. The van der Waals surface area contributed by atoms with E-state index in [0.717, 1.165) is 22.3 Å². The lowest BCUT2D eigenvalue weighted by Crippen LogP contribution is -2.14. The molecule has 0 aromatic heterocycles. The predicted octanol–water partition coefficient (Wildman–Crippen LogP) is 7.54. The summed E-state index contributed by atoms with van der Waals surface area (Å²) in [5.41, 5.74) is 4.06. The third-order valence-corrected chi connectivity index (χ3v) is 6.02. The van der Waals surface area contributed by atoms with E-state index in [1.54, 1.807) is 48.5 Å². The van der Waals surface area contributed by atoms with Crippen LogP contribution in [0.5, 0.6) is 11.5 Å². The first kappa shape index (κ1) is 24.8. The van der Waals surface area contributed by atoms with E-state index in [0.29, 0.717) is 22.1 Å². The number of nitrogens with zero attached hydrogens (tertiary/aromatic N) is 1. The fourth-order valence-corrected chi connectivity index (χ4v) is 4.09. The Morgan fingerprint density at radius 1 is 0.889 bits per heavy atom. The molecule has 0 radical (unpaired) electrons. The molecule has 0 amide bonds. The van der Waals surface area contributed by atoms with E-state index in [-0.39, 0.29) is 18.3 Å². The van der Waals surface area contributed by atoms with Crippen molar-refractivity contribution in [1.82, 2.24) is 0 Å². The molecule has 0 aliphatic rings. The van der Waals surface area contributed by atoms with Crippen molar-refractivity contribution in [2.45, 2.75) is 12.3 Å². The number of hydrogen-bond donors (Lipinski definition) is 0. The fourth-order valence-electron chi connectivity index (χ4n) is 3.96. The maximum atomic E-state index is 13.0. The molecule has 0 N–H and O–H groups in total. The summed E-state index contributed by atoms with van der Waals surface area (Å²) in [5.74, 6) is 0.227. The minimum Gasteiger partial charge on any atom is -0.493 e. The van der Waals surface area contributed by atoms with Gasteiger partial charge in [-0.25, -0.2) is 0 Å². The van der Waals surface area contributed by atoms with Crippen molar-refractivity contribution in [3.63, 3.8) is 0 Å². The van der Waals surface area contributed by atoms with Crippen LogP contribution in [0.25, 0.3) is 11.6 Å². The van der Waals surface area contributed by atoms with Gasteiger partial charge in [0, 0.05) is 10.9 Å². The Morgan fingerprint density at radius 2 is 1.50 bits per heavy atom. The zero-order valence-electron chi connectivity index (χ0n) is 19.7. The first-order valence-corrected chi connectivity index (χ1v) is 11.8. The summed E-state index contributed by atoms with van der Waals surface area (Å²) in [6.07, 6.45) is 1.92. The van der Waals surface area contributed by atoms with Crippen molar-refractivity contribution in [2.75, 3.05) is 7.11 Å². The monoisotopic (exact) mass is 493 g/mol. The topological polar surface area (TPSA) is 59.3 Å². The number of allylic oxidation sites excluding steroid dienone is 1. The van der Waals surface area contributed by atoms with Crippen LogP contribution in [0, 0.1) is 11.3 Å². The first-order chi connectivity index (χ1) is 17.6. The molecule has 0 heterocycles. The molecule has 36 heavy (non-hydrogen) atoms. The zero-order valence-corrected chi connectivity index (χ0v) is 20.5. The van der Waals surface area contributed by atoms with Crippen LogP contribution < -0.4 is 9.47 Å². The molecule has 4 rings (SSSR count). The molecular weight excluding hydrogens is 470 g/mol. The molecule has 178 valence electrons. The summed E-state index contributed by atoms with van der Waals surface area (Å²) in [6.45, 7) is 0. The highest BCUT2D eigenvalue weighted by atomic mass is 35.5. The van der Waals surface area contributed by atoms with E-state index in [1.807, 2.05) is 60.7 Å². The van der Waals surface area contributed by atoms with Gasteiger partial charge in [-0.1, -0.05) is 90.5 Å². The molecule has 4 nitrogen and oxygen atoms in total. The second kappa shape index (κ2) is 11.9. The van der Waals surface area contributed by atoms with Crippen LogP contribution in [-0.2, 0) is 4.79 Å². The maximum Gasteiger partial charge on any atom is 0.312 e. The summed E-state index contributed by atoms with van der Waals surface area (Å²) in [6, 6.07) is 34.3. The lowest BCUT2D eigenvalue weighted by Gasteiger charge is -2.18. The van der Waals surface area contributed by atoms with Crippen LogP contribution >= 0.6 is 11.6 Å². The highest BCUT2D eigenvalue weighted by Gasteiger charge is 2.20. The van der Waals surface area contributed by atoms with Gasteiger partial charge in [-0.15, -0.1) is 0 Å².